The Hall–Kier alpha value is -1.46. The van der Waals surface area contributed by atoms with Gasteiger partial charge in [0.25, 0.3) is 0 Å². The summed E-state index contributed by atoms with van der Waals surface area (Å²) in [6.45, 7) is 0.536. The maximum absolute atomic E-state index is 13.8. The van der Waals surface area contributed by atoms with E-state index in [1.807, 2.05) is 6.07 Å². The van der Waals surface area contributed by atoms with Crippen molar-refractivity contribution in [3.63, 3.8) is 0 Å². The fourth-order valence-electron chi connectivity index (χ4n) is 1.56. The Balaban J connectivity index is 2.33. The standard InChI is InChI=1S/C13H12BrFN2O/c1-16-6-9-3-2-4-12(15)13(9)18-11-5-10(14)7-17-8-11/h2-5,7-8,16H,6H2,1H3. The highest BCUT2D eigenvalue weighted by Gasteiger charge is 2.10. The highest BCUT2D eigenvalue weighted by atomic mass is 79.9. The molecule has 0 atom stereocenters. The second-order valence-electron chi connectivity index (χ2n) is 3.70. The van der Waals surface area contributed by atoms with Crippen molar-refractivity contribution in [1.29, 1.82) is 0 Å². The van der Waals surface area contributed by atoms with E-state index in [0.717, 1.165) is 10.0 Å². The van der Waals surface area contributed by atoms with Crippen molar-refractivity contribution < 1.29 is 9.13 Å². The first-order valence-electron chi connectivity index (χ1n) is 5.41. The van der Waals surface area contributed by atoms with Gasteiger partial charge in [-0.2, -0.15) is 0 Å². The molecule has 5 heteroatoms. The summed E-state index contributed by atoms with van der Waals surface area (Å²) in [5.74, 6) is 0.335. The Morgan fingerprint density at radius 3 is 2.94 bits per heavy atom. The van der Waals surface area contributed by atoms with Crippen molar-refractivity contribution in [3.8, 4) is 11.5 Å². The number of halogens is 2. The molecule has 2 rings (SSSR count). The van der Waals surface area contributed by atoms with Crippen molar-refractivity contribution in [2.45, 2.75) is 6.54 Å². The van der Waals surface area contributed by atoms with Gasteiger partial charge < -0.3 is 10.1 Å². The Morgan fingerprint density at radius 1 is 1.39 bits per heavy atom. The van der Waals surface area contributed by atoms with Gasteiger partial charge in [-0.15, -0.1) is 0 Å². The third-order valence-corrected chi connectivity index (χ3v) is 2.75. The molecule has 18 heavy (non-hydrogen) atoms. The fraction of sp³-hybridized carbons (Fsp3) is 0.154. The lowest BCUT2D eigenvalue weighted by Crippen LogP contribution is -2.07. The third kappa shape index (κ3) is 3.05. The summed E-state index contributed by atoms with van der Waals surface area (Å²) in [4.78, 5) is 3.98. The van der Waals surface area contributed by atoms with Crippen LogP contribution in [-0.2, 0) is 6.54 Å². The van der Waals surface area contributed by atoms with Gasteiger partial charge in [0.15, 0.2) is 11.6 Å². The minimum Gasteiger partial charge on any atom is -0.452 e. The maximum Gasteiger partial charge on any atom is 0.167 e. The lowest BCUT2D eigenvalue weighted by molar-refractivity contribution is 0.433. The molecule has 0 amide bonds. The summed E-state index contributed by atoms with van der Waals surface area (Å²) in [6.07, 6.45) is 3.18. The van der Waals surface area contributed by atoms with Crippen LogP contribution in [0.3, 0.4) is 0 Å². The summed E-state index contributed by atoms with van der Waals surface area (Å²) in [5.41, 5.74) is 0.762. The first-order valence-corrected chi connectivity index (χ1v) is 6.20. The minimum atomic E-state index is -0.386. The van der Waals surface area contributed by atoms with Gasteiger partial charge >= 0.3 is 0 Å². The van der Waals surface area contributed by atoms with Crippen LogP contribution >= 0.6 is 15.9 Å². The number of hydrogen-bond donors (Lipinski definition) is 1. The summed E-state index contributed by atoms with van der Waals surface area (Å²) in [5, 5.41) is 2.98. The van der Waals surface area contributed by atoms with E-state index in [1.54, 1.807) is 31.6 Å². The number of para-hydroxylation sites is 1. The predicted octanol–water partition coefficient (Wildman–Crippen LogP) is 3.49. The van der Waals surface area contributed by atoms with Crippen LogP contribution in [-0.4, -0.2) is 12.0 Å². The van der Waals surface area contributed by atoms with Gasteiger partial charge in [0, 0.05) is 22.8 Å². The van der Waals surface area contributed by atoms with E-state index in [4.69, 9.17) is 4.74 Å². The Labute approximate surface area is 113 Å². The van der Waals surface area contributed by atoms with Crippen molar-refractivity contribution in [2.75, 3.05) is 7.05 Å². The summed E-state index contributed by atoms with van der Waals surface area (Å²) in [6, 6.07) is 6.59. The molecule has 1 aromatic heterocycles. The number of aromatic nitrogens is 1. The molecule has 0 saturated carbocycles. The largest absolute Gasteiger partial charge is 0.452 e. The van der Waals surface area contributed by atoms with E-state index < -0.39 is 0 Å². The number of nitrogens with zero attached hydrogens (tertiary/aromatic N) is 1. The van der Waals surface area contributed by atoms with Crippen molar-refractivity contribution in [2.24, 2.45) is 0 Å². The number of nitrogens with one attached hydrogen (secondary N) is 1. The molecule has 2 aromatic rings. The zero-order valence-corrected chi connectivity index (χ0v) is 11.4. The van der Waals surface area contributed by atoms with Crippen LogP contribution in [0.15, 0.2) is 41.1 Å². The molecule has 3 nitrogen and oxygen atoms in total. The Kier molecular flexibility index (Phi) is 4.28. The molecule has 94 valence electrons. The van der Waals surface area contributed by atoms with Crippen LogP contribution in [0.2, 0.25) is 0 Å². The molecule has 1 aromatic carbocycles. The molecule has 0 spiro atoms. The van der Waals surface area contributed by atoms with Crippen LogP contribution in [0.5, 0.6) is 11.5 Å². The SMILES string of the molecule is CNCc1cccc(F)c1Oc1cncc(Br)c1. The molecule has 1 heterocycles. The molecular weight excluding hydrogens is 299 g/mol. The second-order valence-corrected chi connectivity index (χ2v) is 4.62. The highest BCUT2D eigenvalue weighted by Crippen LogP contribution is 2.29. The molecule has 0 saturated heterocycles. The molecule has 0 aliphatic carbocycles. The third-order valence-electron chi connectivity index (χ3n) is 2.32. The van der Waals surface area contributed by atoms with Crippen LogP contribution in [0, 0.1) is 5.82 Å². The molecule has 0 radical (unpaired) electrons. The monoisotopic (exact) mass is 310 g/mol. The average Bonchev–Trinajstić information content (AvgIpc) is 2.34. The molecular formula is C13H12BrFN2O. The summed E-state index contributed by atoms with van der Waals surface area (Å²) < 4.78 is 20.1. The lowest BCUT2D eigenvalue weighted by atomic mass is 10.2. The summed E-state index contributed by atoms with van der Waals surface area (Å²) in [7, 11) is 1.80. The first-order chi connectivity index (χ1) is 8.70. The smallest absolute Gasteiger partial charge is 0.167 e. The van der Waals surface area contributed by atoms with E-state index >= 15 is 0 Å². The molecule has 0 aliphatic heterocycles. The molecule has 0 unspecified atom stereocenters. The highest BCUT2D eigenvalue weighted by molar-refractivity contribution is 9.10. The van der Waals surface area contributed by atoms with E-state index in [1.165, 1.54) is 6.07 Å². The second kappa shape index (κ2) is 5.93. The van der Waals surface area contributed by atoms with Crippen LogP contribution in [0.1, 0.15) is 5.56 Å². The van der Waals surface area contributed by atoms with Crippen LogP contribution in [0.4, 0.5) is 4.39 Å². The zero-order valence-electron chi connectivity index (χ0n) is 9.78. The fourth-order valence-corrected chi connectivity index (χ4v) is 1.91. The number of ether oxygens (including phenoxy) is 1. The molecule has 0 fully saturated rings. The maximum atomic E-state index is 13.8. The van der Waals surface area contributed by atoms with Gasteiger partial charge in [-0.25, -0.2) is 4.39 Å². The van der Waals surface area contributed by atoms with Gasteiger partial charge in [-0.1, -0.05) is 12.1 Å². The number of rotatable bonds is 4. The van der Waals surface area contributed by atoms with E-state index in [9.17, 15) is 4.39 Å². The topological polar surface area (TPSA) is 34.1 Å². The number of benzene rings is 1. The molecule has 0 bridgehead atoms. The average molecular weight is 311 g/mol. The minimum absolute atomic E-state index is 0.228. The van der Waals surface area contributed by atoms with Crippen molar-refractivity contribution >= 4 is 15.9 Å². The van der Waals surface area contributed by atoms with E-state index in [-0.39, 0.29) is 11.6 Å². The number of pyridine rings is 1. The summed E-state index contributed by atoms with van der Waals surface area (Å²) >= 11 is 3.29. The van der Waals surface area contributed by atoms with Gasteiger partial charge in [-0.05, 0) is 35.1 Å². The Bertz CT molecular complexity index is 548. The number of hydrogen-bond acceptors (Lipinski definition) is 3. The van der Waals surface area contributed by atoms with Crippen LogP contribution < -0.4 is 10.1 Å². The lowest BCUT2D eigenvalue weighted by Gasteiger charge is -2.11. The predicted molar refractivity (Wildman–Crippen MR) is 71.2 cm³/mol. The normalized spacial score (nSPS) is 10.4. The van der Waals surface area contributed by atoms with Gasteiger partial charge in [0.1, 0.15) is 5.75 Å². The van der Waals surface area contributed by atoms with Crippen LogP contribution in [0.25, 0.3) is 0 Å². The van der Waals surface area contributed by atoms with Crippen molar-refractivity contribution in [1.82, 2.24) is 10.3 Å². The molecule has 1 N–H and O–H groups in total. The van der Waals surface area contributed by atoms with Gasteiger partial charge in [-0.3, -0.25) is 4.98 Å². The van der Waals surface area contributed by atoms with Gasteiger partial charge in [0.2, 0.25) is 0 Å². The quantitative estimate of drug-likeness (QED) is 0.938. The van der Waals surface area contributed by atoms with E-state index in [0.29, 0.717) is 12.3 Å². The first kappa shape index (κ1) is 13.0. The Morgan fingerprint density at radius 2 is 2.22 bits per heavy atom. The molecule has 0 aliphatic rings. The zero-order chi connectivity index (χ0) is 13.0. The van der Waals surface area contributed by atoms with Gasteiger partial charge in [0.05, 0.1) is 6.20 Å². The van der Waals surface area contributed by atoms with E-state index in [2.05, 4.69) is 26.2 Å². The van der Waals surface area contributed by atoms with Crippen molar-refractivity contribution in [3.05, 3.63) is 52.5 Å².